The zero-order valence-corrected chi connectivity index (χ0v) is 10.8. The van der Waals surface area contributed by atoms with Crippen LogP contribution in [0.25, 0.3) is 11.0 Å². The lowest BCUT2D eigenvalue weighted by atomic mass is 9.94. The van der Waals surface area contributed by atoms with Crippen molar-refractivity contribution in [3.05, 3.63) is 40.2 Å². The fourth-order valence-electron chi connectivity index (χ4n) is 1.82. The number of rotatable bonds is 3. The molecular weight excluding hydrogens is 248 g/mol. The van der Waals surface area contributed by atoms with Gasteiger partial charge in [0.15, 0.2) is 0 Å². The quantitative estimate of drug-likeness (QED) is 0.724. The highest BCUT2D eigenvalue weighted by atomic mass is 16.4. The van der Waals surface area contributed by atoms with Crippen LogP contribution in [0.2, 0.25) is 0 Å². The summed E-state index contributed by atoms with van der Waals surface area (Å²) in [6.45, 7) is 2.94. The second-order valence-electron chi connectivity index (χ2n) is 5.11. The van der Waals surface area contributed by atoms with E-state index in [9.17, 15) is 20.1 Å². The molecule has 102 valence electrons. The molecule has 1 atom stereocenters. The van der Waals surface area contributed by atoms with Gasteiger partial charge in [0.1, 0.15) is 11.3 Å². The van der Waals surface area contributed by atoms with E-state index in [-0.39, 0.29) is 17.8 Å². The van der Waals surface area contributed by atoms with E-state index < -0.39 is 17.3 Å². The van der Waals surface area contributed by atoms with E-state index in [4.69, 9.17) is 4.42 Å². The first-order chi connectivity index (χ1) is 8.79. The molecule has 1 unspecified atom stereocenters. The monoisotopic (exact) mass is 264 g/mol. The molecule has 3 N–H and O–H groups in total. The van der Waals surface area contributed by atoms with E-state index in [0.717, 1.165) is 0 Å². The third kappa shape index (κ3) is 2.77. The highest BCUT2D eigenvalue weighted by Crippen LogP contribution is 2.29. The highest BCUT2D eigenvalue weighted by molar-refractivity contribution is 5.82. The van der Waals surface area contributed by atoms with Gasteiger partial charge in [0, 0.05) is 23.4 Å². The average Bonchev–Trinajstić information content (AvgIpc) is 2.31. The first-order valence-electron chi connectivity index (χ1n) is 5.94. The fraction of sp³-hybridized carbons (Fsp3) is 0.357. The Balaban J connectivity index is 2.55. The minimum Gasteiger partial charge on any atom is -0.508 e. The van der Waals surface area contributed by atoms with Gasteiger partial charge in [-0.15, -0.1) is 0 Å². The summed E-state index contributed by atoms with van der Waals surface area (Å²) in [5.41, 5.74) is -1.30. The molecule has 0 aliphatic heterocycles. The summed E-state index contributed by atoms with van der Waals surface area (Å²) in [5, 5.41) is 30.2. The van der Waals surface area contributed by atoms with Crippen LogP contribution < -0.4 is 5.63 Å². The lowest BCUT2D eigenvalue weighted by Crippen LogP contribution is -2.37. The Morgan fingerprint density at radius 3 is 2.53 bits per heavy atom. The molecule has 0 aliphatic rings. The van der Waals surface area contributed by atoms with Gasteiger partial charge < -0.3 is 19.7 Å². The molecule has 1 aromatic heterocycles. The first kappa shape index (κ1) is 13.6. The third-order valence-corrected chi connectivity index (χ3v) is 3.08. The second-order valence-corrected chi connectivity index (χ2v) is 5.11. The zero-order valence-electron chi connectivity index (χ0n) is 10.8. The molecular formula is C14H16O5. The van der Waals surface area contributed by atoms with Crippen molar-refractivity contribution in [2.45, 2.75) is 32.0 Å². The van der Waals surface area contributed by atoms with Gasteiger partial charge in [0.05, 0.1) is 11.7 Å². The average molecular weight is 264 g/mol. The van der Waals surface area contributed by atoms with E-state index >= 15 is 0 Å². The Labute approximate surface area is 109 Å². The number of benzene rings is 1. The molecule has 2 rings (SSSR count). The van der Waals surface area contributed by atoms with Crippen molar-refractivity contribution in [2.24, 2.45) is 0 Å². The van der Waals surface area contributed by atoms with Crippen LogP contribution in [0.3, 0.4) is 0 Å². The van der Waals surface area contributed by atoms with Gasteiger partial charge in [-0.05, 0) is 32.0 Å². The van der Waals surface area contributed by atoms with Crippen LogP contribution in [0.4, 0.5) is 0 Å². The van der Waals surface area contributed by atoms with Crippen LogP contribution in [-0.4, -0.2) is 27.0 Å². The van der Waals surface area contributed by atoms with Gasteiger partial charge in [-0.3, -0.25) is 0 Å². The zero-order chi connectivity index (χ0) is 14.2. The second kappa shape index (κ2) is 4.68. The van der Waals surface area contributed by atoms with Crippen molar-refractivity contribution in [3.8, 4) is 5.75 Å². The largest absolute Gasteiger partial charge is 0.508 e. The predicted molar refractivity (Wildman–Crippen MR) is 70.2 cm³/mol. The summed E-state index contributed by atoms with van der Waals surface area (Å²) in [6, 6.07) is 5.96. The molecule has 0 radical (unpaired) electrons. The van der Waals surface area contributed by atoms with Crippen LogP contribution in [0.5, 0.6) is 5.75 Å². The molecule has 0 aliphatic carbocycles. The smallest absolute Gasteiger partial charge is 0.336 e. The number of hydrogen-bond acceptors (Lipinski definition) is 5. The number of phenols is 1. The molecule has 0 amide bonds. The molecule has 0 bridgehead atoms. The molecule has 0 spiro atoms. The Morgan fingerprint density at radius 1 is 1.26 bits per heavy atom. The minimum absolute atomic E-state index is 0.0143. The molecule has 1 aromatic carbocycles. The number of aliphatic hydroxyl groups is 2. The molecule has 0 saturated carbocycles. The minimum atomic E-state index is -1.32. The van der Waals surface area contributed by atoms with E-state index in [1.165, 1.54) is 26.0 Å². The predicted octanol–water partition coefficient (Wildman–Crippen LogP) is 1.17. The number of aromatic hydroxyl groups is 1. The number of phenolic OH excluding ortho intramolecular Hbond substituents is 1. The Morgan fingerprint density at radius 2 is 1.89 bits per heavy atom. The van der Waals surface area contributed by atoms with Crippen molar-refractivity contribution in [1.82, 2.24) is 0 Å². The van der Waals surface area contributed by atoms with E-state index in [2.05, 4.69) is 0 Å². The summed E-state index contributed by atoms with van der Waals surface area (Å²) in [6.07, 6.45) is -1.10. The molecule has 5 nitrogen and oxygen atoms in total. The normalized spacial score (nSPS) is 13.7. The van der Waals surface area contributed by atoms with Crippen LogP contribution in [0.1, 0.15) is 19.4 Å². The van der Waals surface area contributed by atoms with Gasteiger partial charge in [0.25, 0.3) is 0 Å². The highest BCUT2D eigenvalue weighted by Gasteiger charge is 2.26. The summed E-state index contributed by atoms with van der Waals surface area (Å²) < 4.78 is 5.08. The van der Waals surface area contributed by atoms with Gasteiger partial charge in [-0.25, -0.2) is 4.79 Å². The molecule has 0 fully saturated rings. The number of hydrogen-bond donors (Lipinski definition) is 3. The van der Waals surface area contributed by atoms with E-state index in [1.807, 2.05) is 0 Å². The van der Waals surface area contributed by atoms with Crippen molar-refractivity contribution in [1.29, 1.82) is 0 Å². The molecule has 5 heteroatoms. The van der Waals surface area contributed by atoms with Crippen molar-refractivity contribution in [2.75, 3.05) is 0 Å². The van der Waals surface area contributed by atoms with Crippen LogP contribution >= 0.6 is 0 Å². The standard InChI is InChI=1S/C14H16O5/c1-14(2,18)11(16)7-9-10(15)5-3-8-4-6-12(17)19-13(8)9/h3-6,11,15-16,18H,7H2,1-2H3. The first-order valence-corrected chi connectivity index (χ1v) is 5.94. The lowest BCUT2D eigenvalue weighted by Gasteiger charge is -2.24. The van der Waals surface area contributed by atoms with Crippen molar-refractivity contribution < 1.29 is 19.7 Å². The number of aliphatic hydroxyl groups excluding tert-OH is 1. The van der Waals surface area contributed by atoms with Gasteiger partial charge in [0.2, 0.25) is 0 Å². The van der Waals surface area contributed by atoms with E-state index in [1.54, 1.807) is 12.1 Å². The topological polar surface area (TPSA) is 90.9 Å². The van der Waals surface area contributed by atoms with E-state index in [0.29, 0.717) is 10.9 Å². The molecule has 1 heterocycles. The Bertz CT molecular complexity index is 651. The maximum atomic E-state index is 11.3. The fourth-order valence-corrected chi connectivity index (χ4v) is 1.82. The Hall–Kier alpha value is -1.85. The summed E-state index contributed by atoms with van der Waals surface area (Å²) in [4.78, 5) is 11.3. The van der Waals surface area contributed by atoms with Gasteiger partial charge in [-0.1, -0.05) is 0 Å². The molecule has 0 saturated heterocycles. The molecule has 2 aromatic rings. The summed E-state index contributed by atoms with van der Waals surface area (Å²) in [7, 11) is 0. The van der Waals surface area contributed by atoms with Gasteiger partial charge >= 0.3 is 5.63 Å². The Kier molecular flexibility index (Phi) is 3.34. The van der Waals surface area contributed by atoms with Crippen molar-refractivity contribution >= 4 is 11.0 Å². The maximum Gasteiger partial charge on any atom is 0.336 e. The van der Waals surface area contributed by atoms with Crippen LogP contribution in [0.15, 0.2) is 33.5 Å². The summed E-state index contributed by atoms with van der Waals surface area (Å²) >= 11 is 0. The summed E-state index contributed by atoms with van der Waals surface area (Å²) in [5.74, 6) is -0.0786. The molecule has 19 heavy (non-hydrogen) atoms. The van der Waals surface area contributed by atoms with Crippen LogP contribution in [-0.2, 0) is 6.42 Å². The number of fused-ring (bicyclic) bond motifs is 1. The SMILES string of the molecule is CC(C)(O)C(O)Cc1c(O)ccc2ccc(=O)oc12. The van der Waals surface area contributed by atoms with Crippen molar-refractivity contribution in [3.63, 3.8) is 0 Å². The van der Waals surface area contributed by atoms with Gasteiger partial charge in [-0.2, -0.15) is 0 Å². The maximum absolute atomic E-state index is 11.3. The lowest BCUT2D eigenvalue weighted by molar-refractivity contribution is -0.0470. The van der Waals surface area contributed by atoms with Crippen LogP contribution in [0, 0.1) is 0 Å². The third-order valence-electron chi connectivity index (χ3n) is 3.08.